The van der Waals surface area contributed by atoms with Crippen LogP contribution in [0.1, 0.15) is 48.0 Å². The maximum atomic E-state index is 11.5. The maximum absolute atomic E-state index is 11.5. The van der Waals surface area contributed by atoms with Crippen LogP contribution in [-0.4, -0.2) is 12.4 Å². The van der Waals surface area contributed by atoms with Crippen LogP contribution in [0.5, 0.6) is 5.75 Å². The van der Waals surface area contributed by atoms with Gasteiger partial charge in [0.15, 0.2) is 11.5 Å². The Morgan fingerprint density at radius 1 is 1.04 bits per heavy atom. The molecule has 0 aliphatic carbocycles. The van der Waals surface area contributed by atoms with E-state index in [0.717, 1.165) is 36.2 Å². The van der Waals surface area contributed by atoms with E-state index in [0.29, 0.717) is 5.76 Å². The number of rotatable bonds is 4. The van der Waals surface area contributed by atoms with E-state index in [4.69, 9.17) is 9.15 Å². The monoisotopic (exact) mass is 334 g/mol. The van der Waals surface area contributed by atoms with Crippen LogP contribution in [-0.2, 0) is 18.3 Å². The standard InChI is InChI=1S/C22H22O3/c1-14(23)20-12-17-8-6-16(11-21(17)25-20)5-4-15-7-9-19-18(10-15)22(2,3)13-24-19/h6-12H,4-5,13H2,1-3H3. The third-order valence-corrected chi connectivity index (χ3v) is 5.00. The van der Waals surface area contributed by atoms with Gasteiger partial charge in [-0.3, -0.25) is 4.79 Å². The van der Waals surface area contributed by atoms with E-state index in [9.17, 15) is 4.79 Å². The highest BCUT2D eigenvalue weighted by Crippen LogP contribution is 2.38. The van der Waals surface area contributed by atoms with Crippen molar-refractivity contribution in [2.75, 3.05) is 6.61 Å². The Bertz CT molecular complexity index is 963. The van der Waals surface area contributed by atoms with E-state index in [-0.39, 0.29) is 11.2 Å². The number of ketones is 1. The fraction of sp³-hybridized carbons (Fsp3) is 0.318. The van der Waals surface area contributed by atoms with Gasteiger partial charge in [-0.25, -0.2) is 0 Å². The van der Waals surface area contributed by atoms with E-state index < -0.39 is 0 Å². The molecule has 0 saturated heterocycles. The Balaban J connectivity index is 1.53. The van der Waals surface area contributed by atoms with E-state index >= 15 is 0 Å². The largest absolute Gasteiger partial charge is 0.492 e. The minimum absolute atomic E-state index is 0.0410. The van der Waals surface area contributed by atoms with Crippen molar-refractivity contribution in [3.63, 3.8) is 0 Å². The Kier molecular flexibility index (Phi) is 3.68. The van der Waals surface area contributed by atoms with Gasteiger partial charge >= 0.3 is 0 Å². The van der Waals surface area contributed by atoms with Crippen molar-refractivity contribution in [1.82, 2.24) is 0 Å². The molecule has 0 bridgehead atoms. The SMILES string of the molecule is CC(=O)c1cc2ccc(CCc3ccc4c(c3)C(C)(C)CO4)cc2o1. The summed E-state index contributed by atoms with van der Waals surface area (Å²) in [5.41, 5.74) is 4.71. The quantitative estimate of drug-likeness (QED) is 0.624. The normalized spacial score (nSPS) is 15.2. The van der Waals surface area contributed by atoms with Gasteiger partial charge in [0.25, 0.3) is 0 Å². The average Bonchev–Trinajstić information content (AvgIpc) is 3.14. The first kappa shape index (κ1) is 15.9. The lowest BCUT2D eigenvalue weighted by Crippen LogP contribution is -2.18. The van der Waals surface area contributed by atoms with Crippen LogP contribution in [0, 0.1) is 0 Å². The summed E-state index contributed by atoms with van der Waals surface area (Å²) in [6.07, 6.45) is 1.90. The summed E-state index contributed by atoms with van der Waals surface area (Å²) >= 11 is 0. The predicted octanol–water partition coefficient (Wildman–Crippen LogP) is 5.09. The molecule has 4 rings (SSSR count). The third-order valence-electron chi connectivity index (χ3n) is 5.00. The summed E-state index contributed by atoms with van der Waals surface area (Å²) < 4.78 is 11.4. The summed E-state index contributed by atoms with van der Waals surface area (Å²) in [5, 5.41) is 0.977. The lowest BCUT2D eigenvalue weighted by atomic mass is 9.85. The molecule has 1 aliphatic heterocycles. The molecule has 3 aromatic rings. The van der Waals surface area contributed by atoms with Crippen molar-refractivity contribution in [3.8, 4) is 5.75 Å². The molecule has 0 amide bonds. The number of benzene rings is 2. The summed E-state index contributed by atoms with van der Waals surface area (Å²) in [6, 6.07) is 14.5. The van der Waals surface area contributed by atoms with E-state index in [1.807, 2.05) is 18.2 Å². The summed E-state index contributed by atoms with van der Waals surface area (Å²) in [7, 11) is 0. The smallest absolute Gasteiger partial charge is 0.194 e. The van der Waals surface area contributed by atoms with Gasteiger partial charge in [-0.05, 0) is 42.2 Å². The van der Waals surface area contributed by atoms with E-state index in [2.05, 4.69) is 38.1 Å². The van der Waals surface area contributed by atoms with Gasteiger partial charge < -0.3 is 9.15 Å². The molecule has 3 heteroatoms. The first-order chi connectivity index (χ1) is 11.9. The second-order valence-electron chi connectivity index (χ2n) is 7.54. The minimum atomic E-state index is -0.0410. The van der Waals surface area contributed by atoms with Crippen LogP contribution in [0.2, 0.25) is 0 Å². The summed E-state index contributed by atoms with van der Waals surface area (Å²) in [6.45, 7) is 6.72. The Morgan fingerprint density at radius 2 is 1.76 bits per heavy atom. The van der Waals surface area contributed by atoms with Crippen LogP contribution in [0.3, 0.4) is 0 Å². The number of carbonyl (C=O) groups excluding carboxylic acids is 1. The van der Waals surface area contributed by atoms with Gasteiger partial charge in [0, 0.05) is 23.3 Å². The zero-order chi connectivity index (χ0) is 17.6. The number of hydrogen-bond donors (Lipinski definition) is 0. The first-order valence-corrected chi connectivity index (χ1v) is 8.72. The number of carbonyl (C=O) groups is 1. The number of fused-ring (bicyclic) bond motifs is 2. The average molecular weight is 334 g/mol. The molecule has 1 aliphatic rings. The third kappa shape index (κ3) is 2.95. The van der Waals surface area contributed by atoms with Crippen molar-refractivity contribution in [3.05, 3.63) is 64.9 Å². The number of furan rings is 1. The molecular weight excluding hydrogens is 312 g/mol. The van der Waals surface area contributed by atoms with Gasteiger partial charge in [-0.1, -0.05) is 38.1 Å². The van der Waals surface area contributed by atoms with Gasteiger partial charge in [-0.15, -0.1) is 0 Å². The molecule has 0 radical (unpaired) electrons. The zero-order valence-electron chi connectivity index (χ0n) is 14.9. The molecule has 0 fully saturated rings. The second kappa shape index (κ2) is 5.76. The fourth-order valence-corrected chi connectivity index (χ4v) is 3.42. The Morgan fingerprint density at radius 3 is 2.52 bits per heavy atom. The van der Waals surface area contributed by atoms with E-state index in [1.165, 1.54) is 23.6 Å². The topological polar surface area (TPSA) is 39.4 Å². The predicted molar refractivity (Wildman–Crippen MR) is 98.6 cm³/mol. The highest BCUT2D eigenvalue weighted by Gasteiger charge is 2.31. The lowest BCUT2D eigenvalue weighted by molar-refractivity contribution is 0.0989. The molecule has 2 heterocycles. The highest BCUT2D eigenvalue weighted by atomic mass is 16.5. The van der Waals surface area contributed by atoms with Crippen LogP contribution in [0.25, 0.3) is 11.0 Å². The molecule has 0 atom stereocenters. The van der Waals surface area contributed by atoms with Gasteiger partial charge in [0.05, 0.1) is 6.61 Å². The molecule has 3 nitrogen and oxygen atoms in total. The first-order valence-electron chi connectivity index (χ1n) is 8.72. The van der Waals surface area contributed by atoms with Crippen LogP contribution in [0.15, 0.2) is 46.9 Å². The van der Waals surface area contributed by atoms with Crippen molar-refractivity contribution < 1.29 is 13.9 Å². The van der Waals surface area contributed by atoms with Crippen LogP contribution >= 0.6 is 0 Å². The van der Waals surface area contributed by atoms with Gasteiger partial charge in [0.1, 0.15) is 11.3 Å². The van der Waals surface area contributed by atoms with Crippen molar-refractivity contribution in [2.24, 2.45) is 0 Å². The van der Waals surface area contributed by atoms with Crippen molar-refractivity contribution in [2.45, 2.75) is 39.0 Å². The molecule has 0 spiro atoms. The number of Topliss-reactive ketones (excluding diaryl/α,β-unsaturated/α-hetero) is 1. The van der Waals surface area contributed by atoms with Gasteiger partial charge in [-0.2, -0.15) is 0 Å². The van der Waals surface area contributed by atoms with Crippen LogP contribution in [0.4, 0.5) is 0 Å². The van der Waals surface area contributed by atoms with Crippen molar-refractivity contribution >= 4 is 16.8 Å². The molecule has 0 saturated carbocycles. The second-order valence-corrected chi connectivity index (χ2v) is 7.54. The number of ether oxygens (including phenoxy) is 1. The van der Waals surface area contributed by atoms with E-state index in [1.54, 1.807) is 0 Å². The Labute approximate surface area is 147 Å². The molecule has 25 heavy (non-hydrogen) atoms. The molecule has 2 aromatic carbocycles. The zero-order valence-corrected chi connectivity index (χ0v) is 14.9. The maximum Gasteiger partial charge on any atom is 0.194 e. The fourth-order valence-electron chi connectivity index (χ4n) is 3.42. The molecule has 1 aromatic heterocycles. The van der Waals surface area contributed by atoms with Crippen molar-refractivity contribution in [1.29, 1.82) is 0 Å². The van der Waals surface area contributed by atoms with Crippen LogP contribution < -0.4 is 4.74 Å². The summed E-state index contributed by atoms with van der Waals surface area (Å²) in [4.78, 5) is 11.5. The molecule has 0 unspecified atom stereocenters. The summed E-state index contributed by atoms with van der Waals surface area (Å²) in [5.74, 6) is 1.40. The molecule has 0 N–H and O–H groups in total. The molecular formula is C22H22O3. The highest BCUT2D eigenvalue weighted by molar-refractivity contribution is 5.96. The number of aryl methyl sites for hydroxylation is 2. The van der Waals surface area contributed by atoms with Gasteiger partial charge in [0.2, 0.25) is 0 Å². The minimum Gasteiger partial charge on any atom is -0.492 e. The Hall–Kier alpha value is -2.55. The molecule has 128 valence electrons. The lowest BCUT2D eigenvalue weighted by Gasteiger charge is -2.15. The number of hydrogen-bond acceptors (Lipinski definition) is 3.